The monoisotopic (exact) mass is 349 g/mol. The molecule has 2 rings (SSSR count). The molecule has 0 fully saturated rings. The molecule has 3 nitrogen and oxygen atoms in total. The maximum Gasteiger partial charge on any atom is 0.279 e. The summed E-state index contributed by atoms with van der Waals surface area (Å²) in [6.45, 7) is 2.47. The Kier molecular flexibility index (Phi) is 6.51. The minimum Gasteiger partial charge on any atom is -0.324 e. The van der Waals surface area contributed by atoms with Crippen LogP contribution in [0.4, 0.5) is 5.69 Å². The van der Waals surface area contributed by atoms with E-state index in [-0.39, 0.29) is 11.9 Å². The predicted molar refractivity (Wildman–Crippen MR) is 98.5 cm³/mol. The van der Waals surface area contributed by atoms with Crippen LogP contribution in [0.5, 0.6) is 0 Å². The van der Waals surface area contributed by atoms with Crippen LogP contribution in [0.25, 0.3) is 0 Å². The second kappa shape index (κ2) is 8.39. The van der Waals surface area contributed by atoms with Gasteiger partial charge in [-0.1, -0.05) is 41.9 Å². The number of benzene rings is 2. The zero-order chi connectivity index (χ0) is 16.8. The van der Waals surface area contributed by atoms with E-state index in [2.05, 4.69) is 12.2 Å². The molecule has 0 aliphatic heterocycles. The Balaban J connectivity index is 2.01. The summed E-state index contributed by atoms with van der Waals surface area (Å²) in [5, 5.41) is 3.74. The van der Waals surface area contributed by atoms with Crippen LogP contribution in [-0.4, -0.2) is 25.8 Å². The van der Waals surface area contributed by atoms with Crippen LogP contribution in [0.3, 0.4) is 0 Å². The van der Waals surface area contributed by atoms with Crippen molar-refractivity contribution in [1.29, 1.82) is 0 Å². The number of likely N-dealkylation sites (N-methyl/N-ethyl adjacent to an activating group) is 1. The number of anilines is 1. The molecule has 0 radical (unpaired) electrons. The summed E-state index contributed by atoms with van der Waals surface area (Å²) < 4.78 is 0. The molecule has 0 spiro atoms. The number of hydrogen-bond acceptors (Lipinski definition) is 2. The second-order valence-corrected chi connectivity index (χ2v) is 6.77. The third kappa shape index (κ3) is 4.74. The van der Waals surface area contributed by atoms with Crippen molar-refractivity contribution in [1.82, 2.24) is 0 Å². The fourth-order valence-corrected chi connectivity index (χ4v) is 3.29. The highest BCUT2D eigenvalue weighted by molar-refractivity contribution is 7.98. The SMILES string of the molecule is CSc1ccccc1NC(=O)C[NH+](C)[C@H](C)c1ccccc1Cl. The van der Waals surface area contributed by atoms with E-state index in [0.717, 1.165) is 26.1 Å². The predicted octanol–water partition coefficient (Wildman–Crippen LogP) is 3.28. The molecule has 2 atom stereocenters. The molecule has 23 heavy (non-hydrogen) atoms. The standard InChI is InChI=1S/C18H21ClN2OS/c1-13(14-8-4-5-9-15(14)19)21(2)12-18(22)20-16-10-6-7-11-17(16)23-3/h4-11,13H,12H2,1-3H3,(H,20,22)/p+1/t13-/m1/s1. The Labute approximate surface area is 147 Å². The lowest BCUT2D eigenvalue weighted by Crippen LogP contribution is -3.10. The summed E-state index contributed by atoms with van der Waals surface area (Å²) in [4.78, 5) is 14.5. The molecule has 122 valence electrons. The van der Waals surface area contributed by atoms with Gasteiger partial charge >= 0.3 is 0 Å². The van der Waals surface area contributed by atoms with Crippen molar-refractivity contribution in [3.63, 3.8) is 0 Å². The first-order chi connectivity index (χ1) is 11.0. The van der Waals surface area contributed by atoms with E-state index in [1.165, 1.54) is 0 Å². The third-order valence-electron chi connectivity index (χ3n) is 3.93. The second-order valence-electron chi connectivity index (χ2n) is 5.51. The molecular weight excluding hydrogens is 328 g/mol. The zero-order valence-electron chi connectivity index (χ0n) is 13.6. The number of carbonyl (C=O) groups excluding carboxylic acids is 1. The van der Waals surface area contributed by atoms with E-state index in [9.17, 15) is 4.79 Å². The van der Waals surface area contributed by atoms with E-state index >= 15 is 0 Å². The summed E-state index contributed by atoms with van der Waals surface area (Å²) in [6, 6.07) is 15.8. The summed E-state index contributed by atoms with van der Waals surface area (Å²) in [6.07, 6.45) is 2.00. The molecule has 2 aromatic rings. The first kappa shape index (κ1) is 17.9. The normalized spacial score (nSPS) is 13.4. The molecule has 0 aromatic heterocycles. The highest BCUT2D eigenvalue weighted by atomic mass is 35.5. The van der Waals surface area contributed by atoms with Crippen LogP contribution >= 0.6 is 23.4 Å². The van der Waals surface area contributed by atoms with Crippen LogP contribution < -0.4 is 10.2 Å². The highest BCUT2D eigenvalue weighted by Crippen LogP contribution is 2.24. The number of quaternary nitrogens is 1. The van der Waals surface area contributed by atoms with Crippen LogP contribution in [0.15, 0.2) is 53.4 Å². The Morgan fingerprint density at radius 3 is 2.57 bits per heavy atom. The van der Waals surface area contributed by atoms with Crippen molar-refractivity contribution < 1.29 is 9.69 Å². The Morgan fingerprint density at radius 2 is 1.87 bits per heavy atom. The van der Waals surface area contributed by atoms with E-state index in [4.69, 9.17) is 11.6 Å². The van der Waals surface area contributed by atoms with Gasteiger partial charge in [0.05, 0.1) is 12.7 Å². The van der Waals surface area contributed by atoms with Gasteiger partial charge in [0.2, 0.25) is 0 Å². The van der Waals surface area contributed by atoms with E-state index in [1.807, 2.05) is 61.8 Å². The average Bonchev–Trinajstić information content (AvgIpc) is 2.55. The van der Waals surface area contributed by atoms with Crippen molar-refractivity contribution in [3.8, 4) is 0 Å². The Hall–Kier alpha value is -1.49. The molecule has 0 bridgehead atoms. The maximum absolute atomic E-state index is 12.3. The average molecular weight is 350 g/mol. The van der Waals surface area contributed by atoms with Gasteiger partial charge in [-0.05, 0) is 31.4 Å². The summed E-state index contributed by atoms with van der Waals surface area (Å²) in [5.74, 6) is 0.00269. The molecular formula is C18H22ClN2OS+. The van der Waals surface area contributed by atoms with Gasteiger partial charge in [0.15, 0.2) is 6.54 Å². The molecule has 2 N–H and O–H groups in total. The molecule has 0 aliphatic carbocycles. The van der Waals surface area contributed by atoms with Crippen molar-refractivity contribution in [2.45, 2.75) is 17.9 Å². The number of thioether (sulfide) groups is 1. The van der Waals surface area contributed by atoms with Gasteiger partial charge in [-0.2, -0.15) is 0 Å². The molecule has 0 aliphatic rings. The molecule has 0 saturated heterocycles. The van der Waals surface area contributed by atoms with Gasteiger partial charge in [-0.3, -0.25) is 4.79 Å². The van der Waals surface area contributed by atoms with Gasteiger partial charge in [-0.15, -0.1) is 11.8 Å². The number of hydrogen-bond donors (Lipinski definition) is 2. The van der Waals surface area contributed by atoms with Crippen LogP contribution in [-0.2, 0) is 4.79 Å². The van der Waals surface area contributed by atoms with Gasteiger partial charge in [0.25, 0.3) is 5.91 Å². The minimum absolute atomic E-state index is 0.00269. The van der Waals surface area contributed by atoms with Gasteiger partial charge in [-0.25, -0.2) is 0 Å². The Bertz CT molecular complexity index is 678. The minimum atomic E-state index is 0.00269. The summed E-state index contributed by atoms with van der Waals surface area (Å²) in [5.41, 5.74) is 1.92. The highest BCUT2D eigenvalue weighted by Gasteiger charge is 2.20. The fourth-order valence-electron chi connectivity index (χ4n) is 2.44. The van der Waals surface area contributed by atoms with E-state index in [0.29, 0.717) is 6.54 Å². The number of para-hydroxylation sites is 1. The topological polar surface area (TPSA) is 33.5 Å². The number of carbonyl (C=O) groups is 1. The zero-order valence-corrected chi connectivity index (χ0v) is 15.2. The van der Waals surface area contributed by atoms with Crippen LogP contribution in [0.2, 0.25) is 5.02 Å². The van der Waals surface area contributed by atoms with Crippen molar-refractivity contribution in [2.24, 2.45) is 0 Å². The van der Waals surface area contributed by atoms with E-state index in [1.54, 1.807) is 11.8 Å². The summed E-state index contributed by atoms with van der Waals surface area (Å²) >= 11 is 7.87. The molecule has 1 unspecified atom stereocenters. The number of halogens is 1. The molecule has 2 aromatic carbocycles. The lowest BCUT2D eigenvalue weighted by Gasteiger charge is -2.22. The smallest absolute Gasteiger partial charge is 0.279 e. The van der Waals surface area contributed by atoms with Crippen molar-refractivity contribution in [2.75, 3.05) is 25.2 Å². The van der Waals surface area contributed by atoms with Gasteiger partial charge < -0.3 is 10.2 Å². The number of nitrogens with one attached hydrogen (secondary N) is 2. The molecule has 5 heteroatoms. The van der Waals surface area contributed by atoms with Crippen LogP contribution in [0.1, 0.15) is 18.5 Å². The molecule has 0 heterocycles. The van der Waals surface area contributed by atoms with Gasteiger partial charge in [0.1, 0.15) is 6.04 Å². The third-order valence-corrected chi connectivity index (χ3v) is 5.07. The fraction of sp³-hybridized carbons (Fsp3) is 0.278. The quantitative estimate of drug-likeness (QED) is 0.785. The first-order valence-electron chi connectivity index (χ1n) is 7.52. The van der Waals surface area contributed by atoms with Gasteiger partial charge in [0, 0.05) is 15.5 Å². The largest absolute Gasteiger partial charge is 0.324 e. The molecule has 0 saturated carbocycles. The maximum atomic E-state index is 12.3. The van der Waals surface area contributed by atoms with Crippen LogP contribution in [0, 0.1) is 0 Å². The summed E-state index contributed by atoms with van der Waals surface area (Å²) in [7, 11) is 2.01. The first-order valence-corrected chi connectivity index (χ1v) is 9.12. The number of rotatable bonds is 6. The molecule has 1 amide bonds. The lowest BCUT2D eigenvalue weighted by molar-refractivity contribution is -0.902. The lowest BCUT2D eigenvalue weighted by atomic mass is 10.1. The Morgan fingerprint density at radius 1 is 1.22 bits per heavy atom. The van der Waals surface area contributed by atoms with E-state index < -0.39 is 0 Å². The van der Waals surface area contributed by atoms with Crippen molar-refractivity contribution in [3.05, 3.63) is 59.1 Å². The van der Waals surface area contributed by atoms with Crippen molar-refractivity contribution >= 4 is 35.0 Å². The number of amides is 1.